The Morgan fingerprint density at radius 1 is 1.00 bits per heavy atom. The maximum absolute atomic E-state index is 11.6. The third kappa shape index (κ3) is 2.48. The van der Waals surface area contributed by atoms with Crippen LogP contribution in [-0.2, 0) is 9.59 Å². The highest BCUT2D eigenvalue weighted by Gasteiger charge is 2.41. The van der Waals surface area contributed by atoms with Crippen LogP contribution in [0.3, 0.4) is 0 Å². The molecule has 2 saturated heterocycles. The van der Waals surface area contributed by atoms with Gasteiger partial charge in [-0.25, -0.2) is 0 Å². The van der Waals surface area contributed by atoms with Gasteiger partial charge in [0, 0.05) is 31.6 Å². The molecular formula is C15H18N2O3. The number of carbonyl (C=O) groups excluding carboxylic acids is 2. The number of nitrogens with one attached hydrogen (secondary N) is 1. The normalized spacial score (nSPS) is 21.9. The molecule has 2 N–H and O–H groups in total. The van der Waals surface area contributed by atoms with Gasteiger partial charge in [-0.2, -0.15) is 0 Å². The lowest BCUT2D eigenvalue weighted by atomic mass is 9.71. The second kappa shape index (κ2) is 4.81. The summed E-state index contributed by atoms with van der Waals surface area (Å²) in [6, 6.07) is 7.15. The van der Waals surface area contributed by atoms with E-state index in [1.807, 2.05) is 12.1 Å². The van der Waals surface area contributed by atoms with Crippen LogP contribution in [0.25, 0.3) is 0 Å². The largest absolute Gasteiger partial charge is 0.508 e. The Hall–Kier alpha value is -2.04. The lowest BCUT2D eigenvalue weighted by Crippen LogP contribution is -2.50. The van der Waals surface area contributed by atoms with Gasteiger partial charge in [-0.1, -0.05) is 0 Å². The molecule has 0 aromatic heterocycles. The van der Waals surface area contributed by atoms with Crippen molar-refractivity contribution in [3.8, 4) is 5.75 Å². The molecule has 0 unspecified atom stereocenters. The molecule has 1 aromatic carbocycles. The van der Waals surface area contributed by atoms with Crippen LogP contribution < -0.4 is 10.2 Å². The first kappa shape index (κ1) is 13.0. The molecule has 0 saturated carbocycles. The fourth-order valence-corrected chi connectivity index (χ4v) is 3.24. The Kier molecular flexibility index (Phi) is 3.12. The molecule has 5 nitrogen and oxygen atoms in total. The SMILES string of the molecule is O=C1CC2(CCN(c3ccc(O)cc3)CC2)CC(=O)N1. The lowest BCUT2D eigenvalue weighted by Gasteiger charge is -2.43. The molecule has 106 valence electrons. The maximum atomic E-state index is 11.6. The zero-order valence-electron chi connectivity index (χ0n) is 11.3. The second-order valence-corrected chi connectivity index (χ2v) is 5.83. The van der Waals surface area contributed by atoms with Crippen LogP contribution in [0.1, 0.15) is 25.7 Å². The number of amides is 2. The summed E-state index contributed by atoms with van der Waals surface area (Å²) in [5.41, 5.74) is 0.927. The highest BCUT2D eigenvalue weighted by Crippen LogP contribution is 2.41. The molecule has 2 fully saturated rings. The summed E-state index contributed by atoms with van der Waals surface area (Å²) in [7, 11) is 0. The second-order valence-electron chi connectivity index (χ2n) is 5.83. The fourth-order valence-electron chi connectivity index (χ4n) is 3.24. The van der Waals surface area contributed by atoms with Gasteiger partial charge < -0.3 is 10.0 Å². The minimum Gasteiger partial charge on any atom is -0.508 e. The average Bonchev–Trinajstić information content (AvgIpc) is 2.39. The van der Waals surface area contributed by atoms with E-state index in [1.165, 1.54) is 0 Å². The van der Waals surface area contributed by atoms with Crippen molar-refractivity contribution >= 4 is 17.5 Å². The maximum Gasteiger partial charge on any atom is 0.227 e. The molecular weight excluding hydrogens is 256 g/mol. The van der Waals surface area contributed by atoms with Gasteiger partial charge >= 0.3 is 0 Å². The zero-order chi connectivity index (χ0) is 14.2. The van der Waals surface area contributed by atoms with E-state index in [-0.39, 0.29) is 23.0 Å². The topological polar surface area (TPSA) is 69.6 Å². The van der Waals surface area contributed by atoms with Crippen molar-refractivity contribution in [2.24, 2.45) is 5.41 Å². The van der Waals surface area contributed by atoms with Gasteiger partial charge in [0.2, 0.25) is 11.8 Å². The van der Waals surface area contributed by atoms with Crippen LogP contribution in [0.4, 0.5) is 5.69 Å². The highest BCUT2D eigenvalue weighted by molar-refractivity contribution is 5.98. The molecule has 2 aliphatic rings. The summed E-state index contributed by atoms with van der Waals surface area (Å²) >= 11 is 0. The van der Waals surface area contributed by atoms with Crippen molar-refractivity contribution in [3.05, 3.63) is 24.3 Å². The summed E-state index contributed by atoms with van der Waals surface area (Å²) in [6.45, 7) is 1.68. The number of phenols is 1. The highest BCUT2D eigenvalue weighted by atomic mass is 16.3. The molecule has 0 radical (unpaired) electrons. The first-order chi connectivity index (χ1) is 9.56. The smallest absolute Gasteiger partial charge is 0.227 e. The van der Waals surface area contributed by atoms with Crippen LogP contribution in [-0.4, -0.2) is 30.0 Å². The molecule has 20 heavy (non-hydrogen) atoms. The average molecular weight is 274 g/mol. The Balaban J connectivity index is 1.68. The van der Waals surface area contributed by atoms with E-state index in [1.54, 1.807) is 12.1 Å². The molecule has 1 aromatic rings. The van der Waals surface area contributed by atoms with Gasteiger partial charge in [0.05, 0.1) is 0 Å². The van der Waals surface area contributed by atoms with Crippen molar-refractivity contribution < 1.29 is 14.7 Å². The predicted octanol–water partition coefficient (Wildman–Crippen LogP) is 1.42. The molecule has 1 spiro atoms. The van der Waals surface area contributed by atoms with Crippen molar-refractivity contribution in [3.63, 3.8) is 0 Å². The Morgan fingerprint density at radius 3 is 2.10 bits per heavy atom. The number of carbonyl (C=O) groups is 2. The molecule has 2 aliphatic heterocycles. The van der Waals surface area contributed by atoms with Crippen molar-refractivity contribution in [2.45, 2.75) is 25.7 Å². The predicted molar refractivity (Wildman–Crippen MR) is 74.4 cm³/mol. The Labute approximate surface area is 117 Å². The van der Waals surface area contributed by atoms with Crippen LogP contribution >= 0.6 is 0 Å². The Bertz CT molecular complexity index is 513. The van der Waals surface area contributed by atoms with Crippen LogP contribution in [0.5, 0.6) is 5.75 Å². The number of phenolic OH excluding ortho intramolecular Hbond substituents is 1. The number of hydrogen-bond donors (Lipinski definition) is 2. The van der Waals surface area contributed by atoms with Crippen molar-refractivity contribution in [1.82, 2.24) is 5.32 Å². The van der Waals surface area contributed by atoms with E-state index >= 15 is 0 Å². The van der Waals surface area contributed by atoms with Gasteiger partial charge in [-0.15, -0.1) is 0 Å². The molecule has 2 amide bonds. The monoisotopic (exact) mass is 274 g/mol. The van der Waals surface area contributed by atoms with Gasteiger partial charge in [0.25, 0.3) is 0 Å². The molecule has 3 rings (SSSR count). The number of aromatic hydroxyl groups is 1. The van der Waals surface area contributed by atoms with E-state index in [9.17, 15) is 14.7 Å². The lowest BCUT2D eigenvalue weighted by molar-refractivity contribution is -0.138. The number of hydrogen-bond acceptors (Lipinski definition) is 4. The van der Waals surface area contributed by atoms with Crippen LogP contribution in [0, 0.1) is 5.41 Å². The van der Waals surface area contributed by atoms with Gasteiger partial charge in [-0.05, 0) is 42.5 Å². The third-order valence-electron chi connectivity index (χ3n) is 4.39. The van der Waals surface area contributed by atoms with Crippen molar-refractivity contribution in [2.75, 3.05) is 18.0 Å². The summed E-state index contributed by atoms with van der Waals surface area (Å²) in [4.78, 5) is 25.4. The molecule has 0 aliphatic carbocycles. The Morgan fingerprint density at radius 2 is 1.55 bits per heavy atom. The van der Waals surface area contributed by atoms with E-state index < -0.39 is 0 Å². The number of imide groups is 1. The van der Waals surface area contributed by atoms with Gasteiger partial charge in [-0.3, -0.25) is 14.9 Å². The van der Waals surface area contributed by atoms with Crippen LogP contribution in [0.15, 0.2) is 24.3 Å². The van der Waals surface area contributed by atoms with E-state index in [4.69, 9.17) is 0 Å². The minimum absolute atomic E-state index is 0.140. The summed E-state index contributed by atoms with van der Waals surface area (Å²) < 4.78 is 0. The molecule has 5 heteroatoms. The number of piperidine rings is 2. The van der Waals surface area contributed by atoms with E-state index in [2.05, 4.69) is 10.2 Å². The van der Waals surface area contributed by atoms with E-state index in [0.29, 0.717) is 12.8 Å². The quantitative estimate of drug-likeness (QED) is 0.760. The first-order valence-electron chi connectivity index (χ1n) is 6.93. The fraction of sp³-hybridized carbons (Fsp3) is 0.467. The zero-order valence-corrected chi connectivity index (χ0v) is 11.3. The van der Waals surface area contributed by atoms with E-state index in [0.717, 1.165) is 31.6 Å². The third-order valence-corrected chi connectivity index (χ3v) is 4.39. The summed E-state index contributed by atoms with van der Waals surface area (Å²) in [6.07, 6.45) is 2.63. The van der Waals surface area contributed by atoms with Crippen LogP contribution in [0.2, 0.25) is 0 Å². The molecule has 0 atom stereocenters. The first-order valence-corrected chi connectivity index (χ1v) is 6.93. The molecule has 0 bridgehead atoms. The molecule has 2 heterocycles. The van der Waals surface area contributed by atoms with Gasteiger partial charge in [0.1, 0.15) is 5.75 Å². The minimum atomic E-state index is -0.146. The standard InChI is InChI=1S/C15H18N2O3/c18-12-3-1-11(2-4-12)17-7-5-15(6-8-17)9-13(19)16-14(20)10-15/h1-4,18H,5-10H2,(H,16,19,20). The number of rotatable bonds is 1. The number of nitrogens with zero attached hydrogens (tertiary/aromatic N) is 1. The number of anilines is 1. The summed E-state index contributed by atoms with van der Waals surface area (Å²) in [5.74, 6) is -0.0181. The van der Waals surface area contributed by atoms with Gasteiger partial charge in [0.15, 0.2) is 0 Å². The summed E-state index contributed by atoms with van der Waals surface area (Å²) in [5, 5.41) is 11.7. The number of benzene rings is 1. The van der Waals surface area contributed by atoms with Crippen molar-refractivity contribution in [1.29, 1.82) is 0 Å².